The van der Waals surface area contributed by atoms with Crippen molar-refractivity contribution in [2.24, 2.45) is 0 Å². The lowest BCUT2D eigenvalue weighted by Gasteiger charge is -2.26. The van der Waals surface area contributed by atoms with Crippen molar-refractivity contribution in [1.29, 1.82) is 0 Å². The Morgan fingerprint density at radius 2 is 1.78 bits per heavy atom. The minimum absolute atomic E-state index is 0.00951. The SMILES string of the molecule is O=C(O)C(F)(F)F.O=C(OCCCN1CCOCC1)c1ccc(CS(=O)(=O)c2cc(Cl)c(Cl)s2)cc1O. The average Bonchev–Trinajstić information content (AvgIpc) is 3.16. The van der Waals surface area contributed by atoms with Gasteiger partial charge in [0.05, 0.1) is 30.6 Å². The van der Waals surface area contributed by atoms with Crippen LogP contribution in [-0.2, 0) is 29.9 Å². The zero-order chi connectivity index (χ0) is 27.8. The highest BCUT2D eigenvalue weighted by Crippen LogP contribution is 2.36. The minimum atomic E-state index is -5.08. The van der Waals surface area contributed by atoms with E-state index in [4.69, 9.17) is 42.6 Å². The van der Waals surface area contributed by atoms with Gasteiger partial charge in [-0.3, -0.25) is 4.90 Å². The first kappa shape index (κ1) is 31.1. The monoisotopic (exact) mass is 607 g/mol. The Morgan fingerprint density at radius 3 is 2.30 bits per heavy atom. The Labute approximate surface area is 224 Å². The van der Waals surface area contributed by atoms with E-state index in [-0.39, 0.29) is 37.2 Å². The highest BCUT2D eigenvalue weighted by Gasteiger charge is 2.38. The number of benzene rings is 1. The van der Waals surface area contributed by atoms with Gasteiger partial charge >= 0.3 is 18.1 Å². The minimum Gasteiger partial charge on any atom is -0.507 e. The molecule has 206 valence electrons. The van der Waals surface area contributed by atoms with Gasteiger partial charge in [0, 0.05) is 19.6 Å². The van der Waals surface area contributed by atoms with Crippen LogP contribution in [0.3, 0.4) is 0 Å². The smallest absolute Gasteiger partial charge is 0.490 e. The van der Waals surface area contributed by atoms with Gasteiger partial charge in [0.1, 0.15) is 19.9 Å². The third-order valence-corrected chi connectivity index (χ3v) is 8.88. The third-order valence-electron chi connectivity index (χ3n) is 4.77. The quantitative estimate of drug-likeness (QED) is 0.334. The summed E-state index contributed by atoms with van der Waals surface area (Å²) < 4.78 is 67.5. The number of sulfone groups is 1. The predicted octanol–water partition coefficient (Wildman–Crippen LogP) is 4.25. The maximum Gasteiger partial charge on any atom is 0.490 e. The zero-order valence-corrected chi connectivity index (χ0v) is 22.1. The molecule has 0 atom stereocenters. The number of esters is 1. The van der Waals surface area contributed by atoms with E-state index in [0.29, 0.717) is 25.2 Å². The molecule has 0 unspecified atom stereocenters. The van der Waals surface area contributed by atoms with Gasteiger partial charge in [0.15, 0.2) is 9.84 Å². The van der Waals surface area contributed by atoms with Gasteiger partial charge in [-0.2, -0.15) is 13.2 Å². The largest absolute Gasteiger partial charge is 0.507 e. The first-order chi connectivity index (χ1) is 17.2. The zero-order valence-electron chi connectivity index (χ0n) is 19.0. The lowest BCUT2D eigenvalue weighted by atomic mass is 10.1. The molecule has 0 amide bonds. The first-order valence-corrected chi connectivity index (χ1v) is 13.7. The standard InChI is InChI=1S/C19H21Cl2NO6S2.C2HF3O2/c20-15-11-17(29-18(15)21)30(25,26)12-13-2-3-14(16(23)10-13)19(24)28-7-1-4-22-5-8-27-9-6-22;3-2(4,5)1(6)7/h2-3,10-11,23H,1,4-9,12H2;(H,6,7). The molecule has 16 heteroatoms. The van der Waals surface area contributed by atoms with Crippen molar-refractivity contribution in [2.45, 2.75) is 22.6 Å². The molecule has 1 aliphatic rings. The number of rotatable bonds is 8. The predicted molar refractivity (Wildman–Crippen MR) is 129 cm³/mol. The molecule has 0 bridgehead atoms. The van der Waals surface area contributed by atoms with E-state index in [9.17, 15) is 31.5 Å². The molecule has 0 saturated carbocycles. The number of carbonyl (C=O) groups is 2. The second-order valence-corrected chi connectivity index (χ2v) is 11.8. The average molecular weight is 608 g/mol. The maximum atomic E-state index is 12.5. The molecule has 2 N–H and O–H groups in total. The number of carboxylic acids is 1. The molecule has 0 aliphatic carbocycles. The van der Waals surface area contributed by atoms with Gasteiger partial charge < -0.3 is 19.7 Å². The number of phenolic OH excluding ortho intramolecular Hbond substituents is 1. The lowest BCUT2D eigenvalue weighted by Crippen LogP contribution is -2.37. The van der Waals surface area contributed by atoms with Gasteiger partial charge in [-0.15, -0.1) is 11.3 Å². The summed E-state index contributed by atoms with van der Waals surface area (Å²) in [6, 6.07) is 5.38. The number of morpholine rings is 1. The summed E-state index contributed by atoms with van der Waals surface area (Å²) in [6.07, 6.45) is -4.41. The summed E-state index contributed by atoms with van der Waals surface area (Å²) in [7, 11) is -3.68. The molecule has 2 aromatic rings. The number of aliphatic carboxylic acids is 1. The van der Waals surface area contributed by atoms with Crippen LogP contribution in [0.2, 0.25) is 9.36 Å². The van der Waals surface area contributed by atoms with E-state index in [0.717, 1.165) is 31.0 Å². The Balaban J connectivity index is 0.000000604. The number of nitrogens with zero attached hydrogens (tertiary/aromatic N) is 1. The second kappa shape index (κ2) is 13.6. The third kappa shape index (κ3) is 9.94. The Bertz CT molecular complexity index is 1180. The van der Waals surface area contributed by atoms with Crippen molar-refractivity contribution in [3.05, 3.63) is 44.8 Å². The molecule has 9 nitrogen and oxygen atoms in total. The first-order valence-electron chi connectivity index (χ1n) is 10.5. The van der Waals surface area contributed by atoms with Crippen molar-refractivity contribution in [1.82, 2.24) is 4.90 Å². The van der Waals surface area contributed by atoms with Crippen molar-refractivity contribution in [3.8, 4) is 5.75 Å². The number of alkyl halides is 3. The molecule has 1 saturated heterocycles. The van der Waals surface area contributed by atoms with Gasteiger partial charge in [-0.05, 0) is 30.2 Å². The van der Waals surface area contributed by atoms with E-state index < -0.39 is 28.0 Å². The van der Waals surface area contributed by atoms with E-state index in [1.807, 2.05) is 0 Å². The topological polar surface area (TPSA) is 130 Å². The summed E-state index contributed by atoms with van der Waals surface area (Å²) in [4.78, 5) is 23.3. The normalized spacial score (nSPS) is 14.5. The number of carbonyl (C=O) groups excluding carboxylic acids is 1. The van der Waals surface area contributed by atoms with Crippen molar-refractivity contribution in [3.63, 3.8) is 0 Å². The number of ether oxygens (including phenoxy) is 2. The van der Waals surface area contributed by atoms with Gasteiger partial charge in [0.2, 0.25) is 0 Å². The van der Waals surface area contributed by atoms with Crippen LogP contribution in [0.15, 0.2) is 28.5 Å². The fourth-order valence-corrected chi connectivity index (χ4v) is 6.26. The molecule has 1 aliphatic heterocycles. The molecule has 3 rings (SSSR count). The molecule has 2 heterocycles. The number of carboxylic acid groups (broad SMARTS) is 1. The van der Waals surface area contributed by atoms with Crippen LogP contribution in [0, 0.1) is 0 Å². The number of halogens is 5. The lowest BCUT2D eigenvalue weighted by molar-refractivity contribution is -0.192. The van der Waals surface area contributed by atoms with E-state index in [1.54, 1.807) is 0 Å². The number of phenols is 1. The highest BCUT2D eigenvalue weighted by molar-refractivity contribution is 7.92. The maximum absolute atomic E-state index is 12.5. The van der Waals surface area contributed by atoms with Crippen molar-refractivity contribution < 1.29 is 50.9 Å². The molecule has 1 fully saturated rings. The van der Waals surface area contributed by atoms with E-state index in [2.05, 4.69) is 4.90 Å². The fourth-order valence-electron chi connectivity index (χ4n) is 2.97. The van der Waals surface area contributed by atoms with Crippen LogP contribution in [-0.4, -0.2) is 81.1 Å². The fraction of sp³-hybridized carbons (Fsp3) is 0.429. The van der Waals surface area contributed by atoms with Gasteiger partial charge in [0.25, 0.3) is 0 Å². The summed E-state index contributed by atoms with van der Waals surface area (Å²) in [5.74, 6) is -4.10. The number of aromatic hydroxyl groups is 1. The summed E-state index contributed by atoms with van der Waals surface area (Å²) in [6.45, 7) is 4.18. The van der Waals surface area contributed by atoms with Gasteiger partial charge in [-0.1, -0.05) is 29.3 Å². The van der Waals surface area contributed by atoms with Crippen molar-refractivity contribution >= 4 is 56.3 Å². The van der Waals surface area contributed by atoms with Gasteiger partial charge in [-0.25, -0.2) is 18.0 Å². The molecule has 1 aromatic heterocycles. The molecular formula is C21H22Cl2F3NO8S2. The Hall–Kier alpha value is -2.10. The number of hydrogen-bond donors (Lipinski definition) is 2. The molecule has 0 radical (unpaired) electrons. The Morgan fingerprint density at radius 1 is 1.16 bits per heavy atom. The van der Waals surface area contributed by atoms with Crippen LogP contribution in [0.4, 0.5) is 13.2 Å². The number of thiophene rings is 1. The molecule has 0 spiro atoms. The summed E-state index contributed by atoms with van der Waals surface area (Å²) in [5.41, 5.74) is 0.321. The highest BCUT2D eigenvalue weighted by atomic mass is 35.5. The molecule has 37 heavy (non-hydrogen) atoms. The van der Waals surface area contributed by atoms with Crippen LogP contribution < -0.4 is 0 Å². The van der Waals surface area contributed by atoms with E-state index in [1.165, 1.54) is 24.3 Å². The summed E-state index contributed by atoms with van der Waals surface area (Å²) >= 11 is 12.5. The van der Waals surface area contributed by atoms with E-state index >= 15 is 0 Å². The second-order valence-electron chi connectivity index (χ2n) is 7.54. The molecular weight excluding hydrogens is 586 g/mol. The number of hydrogen-bond acceptors (Lipinski definition) is 9. The summed E-state index contributed by atoms with van der Waals surface area (Å²) in [5, 5.41) is 17.5. The van der Waals surface area contributed by atoms with Crippen LogP contribution in [0.5, 0.6) is 5.75 Å². The van der Waals surface area contributed by atoms with Crippen LogP contribution in [0.1, 0.15) is 22.3 Å². The van der Waals surface area contributed by atoms with Crippen molar-refractivity contribution in [2.75, 3.05) is 39.5 Å². The van der Waals surface area contributed by atoms with Crippen LogP contribution >= 0.6 is 34.5 Å². The Kier molecular flexibility index (Phi) is 11.5. The van der Waals surface area contributed by atoms with Crippen LogP contribution in [0.25, 0.3) is 0 Å². The molecule has 1 aromatic carbocycles.